The standard InChI is InChI=1S/C28H28ClF2N3O6/c29-21-9-16(22(31)12-23(21)32-27(36)26-20-3-1-2-4-24(20)40-33-26)10-25(35)34-13-17(30)11-18(34)14-39-19-7-5-15(6-8-19)28(37)38/h1-4,9,12,15,17-19H,5-8,10-11,13-14H2,(H,32,36)(H,37,38)/t15?,17-,18-,19?/m0/s1. The van der Waals surface area contributed by atoms with E-state index in [0.717, 1.165) is 6.07 Å². The first-order chi connectivity index (χ1) is 19.2. The molecule has 1 saturated carbocycles. The number of amides is 2. The van der Waals surface area contributed by atoms with Crippen molar-refractivity contribution in [2.24, 2.45) is 5.92 Å². The molecule has 212 valence electrons. The Morgan fingerprint density at radius 2 is 1.93 bits per heavy atom. The lowest BCUT2D eigenvalue weighted by Crippen LogP contribution is -2.40. The lowest BCUT2D eigenvalue weighted by Gasteiger charge is -2.30. The van der Waals surface area contributed by atoms with Crippen molar-refractivity contribution in [3.63, 3.8) is 0 Å². The minimum absolute atomic E-state index is 0.00124. The predicted octanol–water partition coefficient (Wildman–Crippen LogP) is 5.01. The van der Waals surface area contributed by atoms with Crippen LogP contribution in [-0.4, -0.2) is 64.4 Å². The van der Waals surface area contributed by atoms with E-state index in [1.165, 1.54) is 11.0 Å². The van der Waals surface area contributed by atoms with Gasteiger partial charge in [0.05, 0.1) is 53.7 Å². The van der Waals surface area contributed by atoms with Crippen molar-refractivity contribution in [1.82, 2.24) is 10.1 Å². The first kappa shape index (κ1) is 28.0. The summed E-state index contributed by atoms with van der Waals surface area (Å²) in [5, 5.41) is 16.0. The van der Waals surface area contributed by atoms with E-state index in [2.05, 4.69) is 10.5 Å². The number of rotatable bonds is 8. The fourth-order valence-electron chi connectivity index (χ4n) is 5.36. The molecule has 2 fully saturated rings. The highest BCUT2D eigenvalue weighted by Crippen LogP contribution is 2.30. The SMILES string of the molecule is O=C(Nc1cc(F)c(CC(=O)N2C[C@@H](F)C[C@H]2COC2CCC(C(=O)O)CC2)cc1Cl)c1noc2ccccc12. The maximum absolute atomic E-state index is 15.0. The average molecular weight is 576 g/mol. The number of benzene rings is 2. The number of aliphatic carboxylic acids is 1. The molecule has 40 heavy (non-hydrogen) atoms. The zero-order valence-electron chi connectivity index (χ0n) is 21.4. The molecule has 2 aromatic carbocycles. The van der Waals surface area contributed by atoms with Gasteiger partial charge in [-0.25, -0.2) is 8.78 Å². The van der Waals surface area contributed by atoms with Crippen LogP contribution in [0.3, 0.4) is 0 Å². The monoisotopic (exact) mass is 575 g/mol. The number of hydrogen-bond acceptors (Lipinski definition) is 6. The molecule has 1 aliphatic heterocycles. The van der Waals surface area contributed by atoms with Crippen LogP contribution in [0.5, 0.6) is 0 Å². The second-order valence-corrected chi connectivity index (χ2v) is 10.7. The number of para-hydroxylation sites is 1. The number of carbonyl (C=O) groups excluding carboxylic acids is 2. The number of anilines is 1. The Labute approximate surface area is 233 Å². The van der Waals surface area contributed by atoms with E-state index in [4.69, 9.17) is 26.0 Å². The summed E-state index contributed by atoms with van der Waals surface area (Å²) in [7, 11) is 0. The number of carboxylic acids is 1. The number of aromatic nitrogens is 1. The van der Waals surface area contributed by atoms with Crippen molar-refractivity contribution in [3.8, 4) is 0 Å². The number of carbonyl (C=O) groups is 3. The maximum atomic E-state index is 15.0. The third kappa shape index (κ3) is 6.10. The van der Waals surface area contributed by atoms with Gasteiger partial charge in [0.25, 0.3) is 5.91 Å². The molecule has 1 aliphatic carbocycles. The smallest absolute Gasteiger partial charge is 0.306 e. The zero-order valence-corrected chi connectivity index (χ0v) is 22.2. The highest BCUT2D eigenvalue weighted by atomic mass is 35.5. The van der Waals surface area contributed by atoms with Gasteiger partial charge in [-0.05, 0) is 55.5 Å². The molecule has 2 aliphatic rings. The lowest BCUT2D eigenvalue weighted by molar-refractivity contribution is -0.144. The van der Waals surface area contributed by atoms with E-state index >= 15 is 4.39 Å². The van der Waals surface area contributed by atoms with Gasteiger partial charge in [0, 0.05) is 6.42 Å². The summed E-state index contributed by atoms with van der Waals surface area (Å²) in [4.78, 5) is 38.3. The molecule has 1 aromatic heterocycles. The van der Waals surface area contributed by atoms with Gasteiger partial charge in [-0.1, -0.05) is 28.9 Å². The first-order valence-corrected chi connectivity index (χ1v) is 13.5. The topological polar surface area (TPSA) is 122 Å². The van der Waals surface area contributed by atoms with Gasteiger partial charge in [-0.15, -0.1) is 0 Å². The van der Waals surface area contributed by atoms with Crippen molar-refractivity contribution >= 4 is 46.0 Å². The van der Waals surface area contributed by atoms with Crippen molar-refractivity contribution in [3.05, 3.63) is 58.5 Å². The number of halogens is 3. The number of ether oxygens (including phenoxy) is 1. The molecular weight excluding hydrogens is 548 g/mol. The third-order valence-corrected chi connectivity index (χ3v) is 7.86. The Kier molecular flexibility index (Phi) is 8.32. The van der Waals surface area contributed by atoms with Crippen LogP contribution >= 0.6 is 11.6 Å². The summed E-state index contributed by atoms with van der Waals surface area (Å²) in [5.41, 5.74) is 0.449. The van der Waals surface area contributed by atoms with Crippen LogP contribution in [-0.2, 0) is 20.7 Å². The van der Waals surface area contributed by atoms with E-state index < -0.39 is 35.8 Å². The van der Waals surface area contributed by atoms with Crippen molar-refractivity contribution in [2.45, 2.75) is 56.8 Å². The molecule has 1 saturated heterocycles. The highest BCUT2D eigenvalue weighted by Gasteiger charge is 2.37. The van der Waals surface area contributed by atoms with Gasteiger partial charge in [-0.3, -0.25) is 14.4 Å². The van der Waals surface area contributed by atoms with Gasteiger partial charge in [0.1, 0.15) is 12.0 Å². The molecule has 12 heteroatoms. The van der Waals surface area contributed by atoms with Crippen LogP contribution < -0.4 is 5.32 Å². The van der Waals surface area contributed by atoms with Gasteiger partial charge in [0.15, 0.2) is 11.3 Å². The molecule has 2 heterocycles. The number of fused-ring (bicyclic) bond motifs is 1. The summed E-state index contributed by atoms with van der Waals surface area (Å²) in [6, 6.07) is 8.58. The number of nitrogens with zero attached hydrogens (tertiary/aromatic N) is 2. The largest absolute Gasteiger partial charge is 0.481 e. The van der Waals surface area contributed by atoms with Crippen LogP contribution in [0.1, 0.15) is 48.2 Å². The van der Waals surface area contributed by atoms with E-state index in [0.29, 0.717) is 36.7 Å². The van der Waals surface area contributed by atoms with Crippen LogP contribution in [0.4, 0.5) is 14.5 Å². The Balaban J connectivity index is 1.20. The molecule has 2 atom stereocenters. The Morgan fingerprint density at radius 3 is 2.67 bits per heavy atom. The van der Waals surface area contributed by atoms with Gasteiger partial charge >= 0.3 is 5.97 Å². The van der Waals surface area contributed by atoms with E-state index in [9.17, 15) is 18.8 Å². The number of hydrogen-bond donors (Lipinski definition) is 2. The number of carboxylic acid groups (broad SMARTS) is 1. The first-order valence-electron chi connectivity index (χ1n) is 13.1. The van der Waals surface area contributed by atoms with E-state index in [1.54, 1.807) is 24.3 Å². The molecule has 3 aromatic rings. The zero-order chi connectivity index (χ0) is 28.4. The van der Waals surface area contributed by atoms with Crippen molar-refractivity contribution in [2.75, 3.05) is 18.5 Å². The molecule has 2 amide bonds. The molecule has 2 N–H and O–H groups in total. The molecule has 5 rings (SSSR count). The molecule has 0 bridgehead atoms. The fourth-order valence-corrected chi connectivity index (χ4v) is 5.59. The van der Waals surface area contributed by atoms with E-state index in [-0.39, 0.29) is 60.0 Å². The van der Waals surface area contributed by atoms with E-state index in [1.807, 2.05) is 0 Å². The lowest BCUT2D eigenvalue weighted by atomic mass is 9.87. The maximum Gasteiger partial charge on any atom is 0.306 e. The quantitative estimate of drug-likeness (QED) is 0.387. The minimum Gasteiger partial charge on any atom is -0.481 e. The Morgan fingerprint density at radius 1 is 1.18 bits per heavy atom. The predicted molar refractivity (Wildman–Crippen MR) is 141 cm³/mol. The third-order valence-electron chi connectivity index (χ3n) is 7.55. The highest BCUT2D eigenvalue weighted by molar-refractivity contribution is 6.34. The second kappa shape index (κ2) is 11.9. The van der Waals surface area contributed by atoms with Gasteiger partial charge in [-0.2, -0.15) is 0 Å². The molecule has 9 nitrogen and oxygen atoms in total. The summed E-state index contributed by atoms with van der Waals surface area (Å²) in [6.07, 6.45) is 0.628. The van der Waals surface area contributed by atoms with Crippen LogP contribution in [0.15, 0.2) is 40.9 Å². The van der Waals surface area contributed by atoms with Crippen LogP contribution in [0, 0.1) is 11.7 Å². The van der Waals surface area contributed by atoms with Crippen molar-refractivity contribution in [1.29, 1.82) is 0 Å². The number of nitrogens with one attached hydrogen (secondary N) is 1. The minimum atomic E-state index is -1.22. The molecular formula is C28H28ClF2N3O6. The van der Waals surface area contributed by atoms with Gasteiger partial charge < -0.3 is 24.6 Å². The summed E-state index contributed by atoms with van der Waals surface area (Å²) >= 11 is 6.32. The average Bonchev–Trinajstić information content (AvgIpc) is 3.54. The molecule has 0 spiro atoms. The summed E-state index contributed by atoms with van der Waals surface area (Å²) < 4.78 is 40.4. The van der Waals surface area contributed by atoms with Crippen molar-refractivity contribution < 1.29 is 37.5 Å². The number of likely N-dealkylation sites (tertiary alicyclic amines) is 1. The molecule has 0 radical (unpaired) electrons. The van der Waals surface area contributed by atoms with Gasteiger partial charge in [0.2, 0.25) is 5.91 Å². The van der Waals surface area contributed by atoms with Crippen LogP contribution in [0.25, 0.3) is 11.0 Å². The van der Waals surface area contributed by atoms with Crippen LogP contribution in [0.2, 0.25) is 5.02 Å². The summed E-state index contributed by atoms with van der Waals surface area (Å²) in [5.74, 6) is -3.04. The Bertz CT molecular complexity index is 1420. The second-order valence-electron chi connectivity index (χ2n) is 10.3. The Hall–Kier alpha value is -3.57. The normalized spacial score (nSPS) is 22.9. The fraction of sp³-hybridized carbons (Fsp3) is 0.429. The molecule has 0 unspecified atom stereocenters. The number of alkyl halides is 1. The summed E-state index contributed by atoms with van der Waals surface area (Å²) in [6.45, 7) is 0.00721.